The summed E-state index contributed by atoms with van der Waals surface area (Å²) in [5.41, 5.74) is 8.33. The van der Waals surface area contributed by atoms with Gasteiger partial charge in [0.25, 0.3) is 6.02 Å². The lowest BCUT2D eigenvalue weighted by Crippen LogP contribution is -2.52. The molecule has 3 aliphatic heterocycles. The van der Waals surface area contributed by atoms with Gasteiger partial charge in [0.05, 0.1) is 11.6 Å². The van der Waals surface area contributed by atoms with Gasteiger partial charge < -0.3 is 19.9 Å². The number of nitrogens with two attached hydrogens (primary N) is 1. The van der Waals surface area contributed by atoms with E-state index in [0.717, 1.165) is 28.9 Å². The summed E-state index contributed by atoms with van der Waals surface area (Å²) < 4.78 is 17.5. The van der Waals surface area contributed by atoms with E-state index in [1.807, 2.05) is 18.2 Å². The van der Waals surface area contributed by atoms with Crippen LogP contribution in [0.1, 0.15) is 12.0 Å². The van der Waals surface area contributed by atoms with Crippen LogP contribution in [0.25, 0.3) is 11.1 Å². The smallest absolute Gasteiger partial charge is 0.283 e. The Morgan fingerprint density at radius 2 is 2.12 bits per heavy atom. The van der Waals surface area contributed by atoms with Crippen LogP contribution in [-0.4, -0.2) is 36.9 Å². The van der Waals surface area contributed by atoms with Crippen molar-refractivity contribution >= 4 is 17.6 Å². The molecule has 2 N–H and O–H groups in total. The molecular weight excluding hydrogens is 354 g/mol. The predicted octanol–water partition coefficient (Wildman–Crippen LogP) is 2.74. The summed E-state index contributed by atoms with van der Waals surface area (Å²) >= 11 is 6.11. The van der Waals surface area contributed by atoms with E-state index < -0.39 is 5.54 Å². The van der Waals surface area contributed by atoms with Gasteiger partial charge in [-0.15, -0.1) is 0 Å². The van der Waals surface area contributed by atoms with Crippen molar-refractivity contribution < 1.29 is 14.2 Å². The third-order valence-corrected chi connectivity index (χ3v) is 5.64. The first-order valence-corrected chi connectivity index (χ1v) is 9.01. The van der Waals surface area contributed by atoms with Crippen molar-refractivity contribution in [3.63, 3.8) is 0 Å². The van der Waals surface area contributed by atoms with Crippen LogP contribution in [-0.2, 0) is 15.0 Å². The molecule has 26 heavy (non-hydrogen) atoms. The summed E-state index contributed by atoms with van der Waals surface area (Å²) in [5.74, 6) is 0.968. The number of nitrogens with zero attached hydrogens (tertiary/aromatic N) is 2. The van der Waals surface area contributed by atoms with Gasteiger partial charge in [-0.25, -0.2) is 4.99 Å². The summed E-state index contributed by atoms with van der Waals surface area (Å²) in [6, 6.07) is 8.21. The van der Waals surface area contributed by atoms with E-state index in [-0.39, 0.29) is 18.0 Å². The molecule has 134 valence electrons. The Morgan fingerprint density at radius 1 is 1.19 bits per heavy atom. The monoisotopic (exact) mass is 371 g/mol. The van der Waals surface area contributed by atoms with E-state index >= 15 is 0 Å². The molecular formula is C19H18ClN3O3. The van der Waals surface area contributed by atoms with Crippen LogP contribution in [0.2, 0.25) is 5.02 Å². The molecule has 1 fully saturated rings. The van der Waals surface area contributed by atoms with Crippen LogP contribution >= 0.6 is 11.6 Å². The van der Waals surface area contributed by atoms with Gasteiger partial charge in [-0.3, -0.25) is 4.98 Å². The van der Waals surface area contributed by atoms with Crippen molar-refractivity contribution in [2.45, 2.75) is 18.1 Å². The minimum Gasteiger partial charge on any atom is -0.487 e. The fourth-order valence-electron chi connectivity index (χ4n) is 4.23. The molecule has 3 aliphatic rings. The second-order valence-corrected chi connectivity index (χ2v) is 7.33. The second kappa shape index (κ2) is 5.86. The van der Waals surface area contributed by atoms with Gasteiger partial charge in [-0.1, -0.05) is 17.7 Å². The molecule has 7 heteroatoms. The standard InChI is InChI=1S/C19H18ClN3O3/c20-13-5-12(7-22-8-13)11-1-2-16-15(6-11)19(10-25-18(21)23-19)14-3-4-24-9-17(14)26-16/h1-2,5-8,14,17H,3-4,9-10H2,(H2,21,23)/t14-,17-,19+/m0/s1. The number of fused-ring (bicyclic) bond motifs is 4. The molecule has 1 saturated heterocycles. The van der Waals surface area contributed by atoms with Crippen molar-refractivity contribution in [2.24, 2.45) is 16.6 Å². The highest BCUT2D eigenvalue weighted by atomic mass is 35.5. The molecule has 2 aromatic rings. The Hall–Kier alpha value is -2.31. The van der Waals surface area contributed by atoms with Crippen LogP contribution in [0, 0.1) is 5.92 Å². The second-order valence-electron chi connectivity index (χ2n) is 6.89. The van der Waals surface area contributed by atoms with Gasteiger partial charge in [0.15, 0.2) is 0 Å². The van der Waals surface area contributed by atoms with E-state index in [0.29, 0.717) is 24.8 Å². The molecule has 0 amide bonds. The number of benzene rings is 1. The fourth-order valence-corrected chi connectivity index (χ4v) is 4.40. The Bertz CT molecular complexity index is 903. The maximum absolute atomic E-state index is 6.24. The number of pyridine rings is 1. The van der Waals surface area contributed by atoms with Gasteiger partial charge in [-0.2, -0.15) is 0 Å². The SMILES string of the molecule is NC1=N[C@@]2(CO1)c1cc(-c3cncc(Cl)c3)ccc1O[C@H]1COCC[C@@H]12. The lowest BCUT2D eigenvalue weighted by atomic mass is 9.71. The maximum Gasteiger partial charge on any atom is 0.283 e. The van der Waals surface area contributed by atoms with E-state index in [4.69, 9.17) is 36.5 Å². The van der Waals surface area contributed by atoms with E-state index in [9.17, 15) is 0 Å². The molecule has 4 heterocycles. The summed E-state index contributed by atoms with van der Waals surface area (Å²) in [6.45, 7) is 1.67. The lowest BCUT2D eigenvalue weighted by molar-refractivity contribution is -0.0732. The quantitative estimate of drug-likeness (QED) is 0.833. The number of halogens is 1. The minimum atomic E-state index is -0.534. The Morgan fingerprint density at radius 3 is 2.92 bits per heavy atom. The summed E-state index contributed by atoms with van der Waals surface area (Å²) in [4.78, 5) is 8.94. The molecule has 3 atom stereocenters. The Labute approximate surface area is 155 Å². The number of hydrogen-bond acceptors (Lipinski definition) is 6. The van der Waals surface area contributed by atoms with Gasteiger partial charge in [0.1, 0.15) is 24.0 Å². The molecule has 0 aliphatic carbocycles. The van der Waals surface area contributed by atoms with Crippen molar-refractivity contribution in [3.05, 3.63) is 47.2 Å². The molecule has 1 spiro atoms. The molecule has 1 aromatic carbocycles. The van der Waals surface area contributed by atoms with Gasteiger partial charge in [0, 0.05) is 36.0 Å². The maximum atomic E-state index is 6.24. The van der Waals surface area contributed by atoms with Crippen molar-refractivity contribution in [2.75, 3.05) is 19.8 Å². The Kier molecular flexibility index (Phi) is 3.58. The topological polar surface area (TPSA) is 79.0 Å². The van der Waals surface area contributed by atoms with Gasteiger partial charge >= 0.3 is 0 Å². The number of amidine groups is 1. The molecule has 5 rings (SSSR count). The summed E-state index contributed by atoms with van der Waals surface area (Å²) in [5, 5.41) is 0.599. The molecule has 1 aromatic heterocycles. The zero-order chi connectivity index (χ0) is 17.7. The van der Waals surface area contributed by atoms with Crippen molar-refractivity contribution in [1.29, 1.82) is 0 Å². The number of hydrogen-bond donors (Lipinski definition) is 1. The molecule has 6 nitrogen and oxygen atoms in total. The zero-order valence-electron chi connectivity index (χ0n) is 14.0. The van der Waals surface area contributed by atoms with Crippen LogP contribution in [0.3, 0.4) is 0 Å². The van der Waals surface area contributed by atoms with Gasteiger partial charge in [-0.05, 0) is 30.2 Å². The van der Waals surface area contributed by atoms with Crippen LogP contribution in [0.15, 0.2) is 41.7 Å². The number of rotatable bonds is 1. The first kappa shape index (κ1) is 15.9. The number of aliphatic imine (C=N–C) groups is 1. The molecule has 0 bridgehead atoms. The summed E-state index contributed by atoms with van der Waals surface area (Å²) in [6.07, 6.45) is 4.22. The average Bonchev–Trinajstić information content (AvgIpc) is 3.04. The van der Waals surface area contributed by atoms with Crippen molar-refractivity contribution in [1.82, 2.24) is 4.98 Å². The minimum absolute atomic E-state index is 0.0480. The first-order valence-electron chi connectivity index (χ1n) is 8.64. The summed E-state index contributed by atoms with van der Waals surface area (Å²) in [7, 11) is 0. The number of ether oxygens (including phenoxy) is 3. The highest BCUT2D eigenvalue weighted by molar-refractivity contribution is 6.30. The van der Waals surface area contributed by atoms with E-state index in [1.54, 1.807) is 12.4 Å². The highest BCUT2D eigenvalue weighted by Gasteiger charge is 2.54. The largest absolute Gasteiger partial charge is 0.487 e. The van der Waals surface area contributed by atoms with E-state index in [2.05, 4.69) is 11.1 Å². The molecule has 0 saturated carbocycles. The third-order valence-electron chi connectivity index (χ3n) is 5.43. The zero-order valence-corrected chi connectivity index (χ0v) is 14.8. The Balaban J connectivity index is 1.67. The van der Waals surface area contributed by atoms with Gasteiger partial charge in [0.2, 0.25) is 0 Å². The molecule has 0 unspecified atom stereocenters. The van der Waals surface area contributed by atoms with Crippen LogP contribution in [0.4, 0.5) is 0 Å². The lowest BCUT2D eigenvalue weighted by Gasteiger charge is -2.45. The van der Waals surface area contributed by atoms with Crippen molar-refractivity contribution in [3.8, 4) is 16.9 Å². The van der Waals surface area contributed by atoms with Crippen LogP contribution < -0.4 is 10.5 Å². The molecule has 0 radical (unpaired) electrons. The van der Waals surface area contributed by atoms with Crippen LogP contribution in [0.5, 0.6) is 5.75 Å². The first-order chi connectivity index (χ1) is 12.7. The van der Waals surface area contributed by atoms with E-state index in [1.165, 1.54) is 0 Å². The average molecular weight is 372 g/mol. The third kappa shape index (κ3) is 2.36. The fraction of sp³-hybridized carbons (Fsp3) is 0.368. The normalized spacial score (nSPS) is 29.3. The number of aromatic nitrogens is 1. The highest BCUT2D eigenvalue weighted by Crippen LogP contribution is 2.51. The predicted molar refractivity (Wildman–Crippen MR) is 97.3 cm³/mol.